The van der Waals surface area contributed by atoms with E-state index in [4.69, 9.17) is 0 Å². The summed E-state index contributed by atoms with van der Waals surface area (Å²) in [5.41, 5.74) is 4.96. The molecule has 0 aliphatic heterocycles. The predicted octanol–water partition coefficient (Wildman–Crippen LogP) is 3.03. The molecule has 1 nitrogen and oxygen atoms in total. The summed E-state index contributed by atoms with van der Waals surface area (Å²) in [5, 5.41) is 3.42. The molecular formula is C13H17N. The highest BCUT2D eigenvalue weighted by Gasteiger charge is 2.21. The molecule has 1 N–H and O–H groups in total. The van der Waals surface area contributed by atoms with Gasteiger partial charge in [-0.2, -0.15) is 0 Å². The highest BCUT2D eigenvalue weighted by Crippen LogP contribution is 2.23. The van der Waals surface area contributed by atoms with Crippen LogP contribution in [0.3, 0.4) is 0 Å². The lowest BCUT2D eigenvalue weighted by molar-refractivity contribution is 0.884. The number of hydrogen-bond donors (Lipinski definition) is 1. The van der Waals surface area contributed by atoms with Crippen molar-refractivity contribution in [1.29, 1.82) is 0 Å². The van der Waals surface area contributed by atoms with E-state index in [2.05, 4.69) is 43.9 Å². The first-order valence-corrected chi connectivity index (χ1v) is 5.20. The Morgan fingerprint density at radius 3 is 2.57 bits per heavy atom. The zero-order valence-corrected chi connectivity index (χ0v) is 8.93. The topological polar surface area (TPSA) is 12.0 Å². The summed E-state index contributed by atoms with van der Waals surface area (Å²) in [4.78, 5) is 0. The van der Waals surface area contributed by atoms with E-state index >= 15 is 0 Å². The van der Waals surface area contributed by atoms with Crippen molar-refractivity contribution in [3.63, 3.8) is 0 Å². The first-order chi connectivity index (χ1) is 6.66. The van der Waals surface area contributed by atoms with Gasteiger partial charge in [-0.05, 0) is 49.4 Å². The fraction of sp³-hybridized carbons (Fsp3) is 0.385. The number of benzene rings is 1. The molecule has 14 heavy (non-hydrogen) atoms. The molecular weight excluding hydrogens is 170 g/mol. The number of rotatable bonds is 3. The average Bonchev–Trinajstić information content (AvgIpc) is 2.93. The van der Waals surface area contributed by atoms with E-state index in [-0.39, 0.29) is 0 Å². The molecule has 0 heterocycles. The van der Waals surface area contributed by atoms with Crippen LogP contribution in [0, 0.1) is 13.8 Å². The normalized spacial score (nSPS) is 15.3. The third-order valence-corrected chi connectivity index (χ3v) is 2.81. The van der Waals surface area contributed by atoms with Crippen molar-refractivity contribution in [1.82, 2.24) is 5.32 Å². The fourth-order valence-electron chi connectivity index (χ4n) is 1.49. The van der Waals surface area contributed by atoms with Gasteiger partial charge in [0.2, 0.25) is 0 Å². The second-order valence-corrected chi connectivity index (χ2v) is 4.20. The van der Waals surface area contributed by atoms with Gasteiger partial charge >= 0.3 is 0 Å². The van der Waals surface area contributed by atoms with Gasteiger partial charge in [0.1, 0.15) is 0 Å². The Morgan fingerprint density at radius 1 is 1.29 bits per heavy atom. The molecule has 0 atom stereocenters. The summed E-state index contributed by atoms with van der Waals surface area (Å²) in [7, 11) is 0. The van der Waals surface area contributed by atoms with E-state index in [1.807, 2.05) is 0 Å². The summed E-state index contributed by atoms with van der Waals surface area (Å²) >= 11 is 0. The van der Waals surface area contributed by atoms with Gasteiger partial charge in [0.05, 0.1) is 0 Å². The van der Waals surface area contributed by atoms with Crippen molar-refractivity contribution in [2.75, 3.05) is 0 Å². The first kappa shape index (κ1) is 9.32. The largest absolute Gasteiger partial charge is 0.382 e. The third-order valence-electron chi connectivity index (χ3n) is 2.81. The molecule has 1 aromatic rings. The molecule has 0 amide bonds. The molecule has 0 aromatic heterocycles. The Balaban J connectivity index is 2.14. The van der Waals surface area contributed by atoms with Gasteiger partial charge in [0.15, 0.2) is 0 Å². The van der Waals surface area contributed by atoms with Crippen LogP contribution in [0.2, 0.25) is 0 Å². The smallest absolute Gasteiger partial charge is 0.0343 e. The van der Waals surface area contributed by atoms with Gasteiger partial charge < -0.3 is 5.32 Å². The van der Waals surface area contributed by atoms with Gasteiger partial charge in [-0.3, -0.25) is 0 Å². The average molecular weight is 187 g/mol. The van der Waals surface area contributed by atoms with Crippen molar-refractivity contribution >= 4 is 5.70 Å². The third kappa shape index (κ3) is 1.98. The van der Waals surface area contributed by atoms with Gasteiger partial charge in [-0.25, -0.2) is 0 Å². The lowest BCUT2D eigenvalue weighted by Crippen LogP contribution is -2.13. The fourth-order valence-corrected chi connectivity index (χ4v) is 1.49. The van der Waals surface area contributed by atoms with Crippen molar-refractivity contribution in [2.24, 2.45) is 0 Å². The number of nitrogens with one attached hydrogen (secondary N) is 1. The summed E-state index contributed by atoms with van der Waals surface area (Å²) < 4.78 is 0. The molecule has 0 spiro atoms. The molecule has 1 aromatic carbocycles. The van der Waals surface area contributed by atoms with Crippen LogP contribution in [0.15, 0.2) is 24.8 Å². The van der Waals surface area contributed by atoms with Crippen LogP contribution in [0.25, 0.3) is 5.70 Å². The Labute approximate surface area is 85.8 Å². The van der Waals surface area contributed by atoms with E-state index in [1.54, 1.807) is 0 Å². The van der Waals surface area contributed by atoms with E-state index in [0.29, 0.717) is 6.04 Å². The lowest BCUT2D eigenvalue weighted by Gasteiger charge is -2.10. The van der Waals surface area contributed by atoms with Crippen molar-refractivity contribution in [2.45, 2.75) is 32.7 Å². The van der Waals surface area contributed by atoms with Crippen molar-refractivity contribution in [3.8, 4) is 0 Å². The number of hydrogen-bond acceptors (Lipinski definition) is 1. The zero-order valence-electron chi connectivity index (χ0n) is 8.93. The van der Waals surface area contributed by atoms with Gasteiger partial charge in [-0.15, -0.1) is 0 Å². The van der Waals surface area contributed by atoms with Crippen LogP contribution in [0.1, 0.15) is 29.5 Å². The first-order valence-electron chi connectivity index (χ1n) is 5.20. The molecule has 1 heteroatoms. The van der Waals surface area contributed by atoms with Gasteiger partial charge in [-0.1, -0.05) is 18.7 Å². The molecule has 0 saturated heterocycles. The van der Waals surface area contributed by atoms with Crippen LogP contribution in [0.4, 0.5) is 0 Å². The predicted molar refractivity (Wildman–Crippen MR) is 61.1 cm³/mol. The van der Waals surface area contributed by atoms with Crippen LogP contribution < -0.4 is 5.32 Å². The zero-order chi connectivity index (χ0) is 10.1. The summed E-state index contributed by atoms with van der Waals surface area (Å²) in [6.45, 7) is 8.34. The second-order valence-electron chi connectivity index (χ2n) is 4.20. The number of aryl methyl sites for hydroxylation is 2. The Kier molecular flexibility index (Phi) is 2.32. The van der Waals surface area contributed by atoms with Crippen LogP contribution in [0.5, 0.6) is 0 Å². The molecule has 1 aliphatic rings. The van der Waals surface area contributed by atoms with Crippen molar-refractivity contribution in [3.05, 3.63) is 41.5 Å². The Morgan fingerprint density at radius 2 is 2.00 bits per heavy atom. The minimum Gasteiger partial charge on any atom is -0.382 e. The summed E-state index contributed by atoms with van der Waals surface area (Å²) in [6, 6.07) is 7.18. The van der Waals surface area contributed by atoms with E-state index in [1.165, 1.54) is 29.5 Å². The SMILES string of the molecule is C=C(NC1CC1)c1ccc(C)c(C)c1. The van der Waals surface area contributed by atoms with Gasteiger partial charge in [0, 0.05) is 11.7 Å². The van der Waals surface area contributed by atoms with Crippen molar-refractivity contribution < 1.29 is 0 Å². The molecule has 74 valence electrons. The maximum atomic E-state index is 4.06. The minimum atomic E-state index is 0.684. The molecule has 0 radical (unpaired) electrons. The highest BCUT2D eigenvalue weighted by molar-refractivity contribution is 5.63. The second kappa shape index (κ2) is 3.49. The molecule has 0 bridgehead atoms. The molecule has 1 saturated carbocycles. The lowest BCUT2D eigenvalue weighted by atomic mass is 10.0. The van der Waals surface area contributed by atoms with E-state index in [0.717, 1.165) is 5.70 Å². The van der Waals surface area contributed by atoms with Crippen LogP contribution in [-0.2, 0) is 0 Å². The monoisotopic (exact) mass is 187 g/mol. The summed E-state index contributed by atoms with van der Waals surface area (Å²) in [5.74, 6) is 0. The molecule has 1 aliphatic carbocycles. The Bertz CT molecular complexity index is 361. The summed E-state index contributed by atoms with van der Waals surface area (Å²) in [6.07, 6.45) is 2.59. The molecule has 1 fully saturated rings. The maximum absolute atomic E-state index is 4.06. The Hall–Kier alpha value is -1.24. The quantitative estimate of drug-likeness (QED) is 0.767. The standard InChI is InChI=1S/C13H17N/c1-9-4-5-12(8-10(9)2)11(3)14-13-6-7-13/h4-5,8,13-14H,3,6-7H2,1-2H3. The highest BCUT2D eigenvalue weighted by atomic mass is 15.0. The van der Waals surface area contributed by atoms with Gasteiger partial charge in [0.25, 0.3) is 0 Å². The molecule has 0 unspecified atom stereocenters. The maximum Gasteiger partial charge on any atom is 0.0343 e. The minimum absolute atomic E-state index is 0.684. The van der Waals surface area contributed by atoms with E-state index in [9.17, 15) is 0 Å². The van der Waals surface area contributed by atoms with Crippen LogP contribution in [-0.4, -0.2) is 6.04 Å². The molecule has 2 rings (SSSR count). The van der Waals surface area contributed by atoms with E-state index < -0.39 is 0 Å². The van der Waals surface area contributed by atoms with Crippen LogP contribution >= 0.6 is 0 Å².